The minimum atomic E-state index is -0.593. The number of nitro benzene ring substituents is 1. The summed E-state index contributed by atoms with van der Waals surface area (Å²) in [5, 5.41) is 30.8. The summed E-state index contributed by atoms with van der Waals surface area (Å²) < 4.78 is 0. The molecule has 0 radical (unpaired) electrons. The molecular formula is C23H19NO6. The van der Waals surface area contributed by atoms with Gasteiger partial charge < -0.3 is 10.2 Å². The van der Waals surface area contributed by atoms with Crippen LogP contribution < -0.4 is 0 Å². The molecule has 0 spiro atoms. The van der Waals surface area contributed by atoms with E-state index in [9.17, 15) is 29.9 Å². The number of hydrogen-bond acceptors (Lipinski definition) is 6. The first kappa shape index (κ1) is 20.7. The van der Waals surface area contributed by atoms with Crippen LogP contribution in [-0.4, -0.2) is 26.7 Å². The standard InChI is InChI=1S/C23H19NO6/c25-20-7-3-1-5-18(20)22(27)13-16(15-9-11-17(12-10-15)24(29)30)14-23(28)19-6-2-4-8-21(19)26/h1-12,16,25-26H,13-14H2. The van der Waals surface area contributed by atoms with Crippen LogP contribution in [-0.2, 0) is 0 Å². The Kier molecular flexibility index (Phi) is 6.22. The minimum Gasteiger partial charge on any atom is -0.507 e. The third-order valence-corrected chi connectivity index (χ3v) is 4.85. The van der Waals surface area contributed by atoms with Crippen LogP contribution in [0.5, 0.6) is 11.5 Å². The molecule has 0 saturated heterocycles. The first-order valence-electron chi connectivity index (χ1n) is 9.23. The van der Waals surface area contributed by atoms with Crippen molar-refractivity contribution in [2.24, 2.45) is 0 Å². The monoisotopic (exact) mass is 405 g/mol. The van der Waals surface area contributed by atoms with Crippen molar-refractivity contribution in [2.75, 3.05) is 0 Å². The van der Waals surface area contributed by atoms with Gasteiger partial charge in [-0.1, -0.05) is 36.4 Å². The van der Waals surface area contributed by atoms with Gasteiger partial charge in [0.2, 0.25) is 0 Å². The fourth-order valence-corrected chi connectivity index (χ4v) is 3.26. The van der Waals surface area contributed by atoms with Crippen molar-refractivity contribution in [3.05, 3.63) is 99.6 Å². The van der Waals surface area contributed by atoms with Gasteiger partial charge in [0.05, 0.1) is 16.1 Å². The van der Waals surface area contributed by atoms with E-state index in [0.717, 1.165) is 0 Å². The highest BCUT2D eigenvalue weighted by molar-refractivity contribution is 6.01. The van der Waals surface area contributed by atoms with Crippen LogP contribution in [0.1, 0.15) is 45.0 Å². The smallest absolute Gasteiger partial charge is 0.269 e. The topological polar surface area (TPSA) is 118 Å². The first-order valence-corrected chi connectivity index (χ1v) is 9.23. The van der Waals surface area contributed by atoms with E-state index in [1.807, 2.05) is 0 Å². The molecule has 3 aromatic rings. The predicted molar refractivity (Wildman–Crippen MR) is 110 cm³/mol. The Hall–Kier alpha value is -4.00. The Balaban J connectivity index is 1.91. The Bertz CT molecular complexity index is 1030. The Morgan fingerprint density at radius 1 is 0.767 bits per heavy atom. The number of nitrogens with zero attached hydrogens (tertiary/aromatic N) is 1. The third-order valence-electron chi connectivity index (χ3n) is 4.85. The van der Waals surface area contributed by atoms with Crippen LogP contribution in [0.25, 0.3) is 0 Å². The van der Waals surface area contributed by atoms with Crippen molar-refractivity contribution in [2.45, 2.75) is 18.8 Å². The molecule has 3 rings (SSSR count). The average Bonchev–Trinajstić information content (AvgIpc) is 2.73. The van der Waals surface area contributed by atoms with Crippen molar-refractivity contribution in [1.82, 2.24) is 0 Å². The molecule has 2 N–H and O–H groups in total. The molecule has 0 aromatic heterocycles. The summed E-state index contributed by atoms with van der Waals surface area (Å²) in [6, 6.07) is 17.9. The molecule has 0 aliphatic carbocycles. The van der Waals surface area contributed by atoms with E-state index in [4.69, 9.17) is 0 Å². The average molecular weight is 405 g/mol. The number of carbonyl (C=O) groups is 2. The number of carbonyl (C=O) groups excluding carboxylic acids is 2. The van der Waals surface area contributed by atoms with Crippen molar-refractivity contribution < 1.29 is 24.7 Å². The summed E-state index contributed by atoms with van der Waals surface area (Å²) in [6.07, 6.45) is -0.177. The van der Waals surface area contributed by atoms with Gasteiger partial charge in [0.15, 0.2) is 11.6 Å². The number of benzene rings is 3. The lowest BCUT2D eigenvalue weighted by atomic mass is 9.86. The zero-order valence-electron chi connectivity index (χ0n) is 15.9. The summed E-state index contributed by atoms with van der Waals surface area (Å²) in [7, 11) is 0. The summed E-state index contributed by atoms with van der Waals surface area (Å²) in [5.74, 6) is -1.62. The van der Waals surface area contributed by atoms with E-state index in [-0.39, 0.29) is 52.7 Å². The van der Waals surface area contributed by atoms with Gasteiger partial charge in [0, 0.05) is 25.0 Å². The Morgan fingerprint density at radius 3 is 1.60 bits per heavy atom. The van der Waals surface area contributed by atoms with Crippen LogP contribution in [0, 0.1) is 10.1 Å². The fourth-order valence-electron chi connectivity index (χ4n) is 3.26. The van der Waals surface area contributed by atoms with Gasteiger partial charge in [-0.05, 0) is 35.7 Å². The second-order valence-corrected chi connectivity index (χ2v) is 6.83. The maximum absolute atomic E-state index is 12.8. The second-order valence-electron chi connectivity index (χ2n) is 6.83. The molecule has 0 amide bonds. The van der Waals surface area contributed by atoms with Crippen molar-refractivity contribution in [3.63, 3.8) is 0 Å². The summed E-state index contributed by atoms with van der Waals surface area (Å²) in [5.41, 5.74) is 0.753. The lowest BCUT2D eigenvalue weighted by Crippen LogP contribution is -2.13. The maximum Gasteiger partial charge on any atom is 0.269 e. The van der Waals surface area contributed by atoms with Crippen LogP contribution >= 0.6 is 0 Å². The number of non-ortho nitro benzene ring substituents is 1. The molecule has 30 heavy (non-hydrogen) atoms. The van der Waals surface area contributed by atoms with E-state index in [0.29, 0.717) is 5.56 Å². The van der Waals surface area contributed by atoms with E-state index < -0.39 is 10.8 Å². The zero-order chi connectivity index (χ0) is 21.7. The van der Waals surface area contributed by atoms with Crippen LogP contribution in [0.3, 0.4) is 0 Å². The summed E-state index contributed by atoms with van der Waals surface area (Å²) in [6.45, 7) is 0. The normalized spacial score (nSPS) is 10.7. The highest BCUT2D eigenvalue weighted by atomic mass is 16.6. The quantitative estimate of drug-likeness (QED) is 0.320. The van der Waals surface area contributed by atoms with Crippen molar-refractivity contribution in [3.8, 4) is 11.5 Å². The second kappa shape index (κ2) is 9.00. The van der Waals surface area contributed by atoms with Crippen LogP contribution in [0.4, 0.5) is 5.69 Å². The molecule has 7 heteroatoms. The number of rotatable bonds is 8. The number of nitro groups is 1. The summed E-state index contributed by atoms with van der Waals surface area (Å²) in [4.78, 5) is 36.0. The lowest BCUT2D eigenvalue weighted by molar-refractivity contribution is -0.384. The van der Waals surface area contributed by atoms with E-state index in [1.165, 1.54) is 48.5 Å². The molecular weight excluding hydrogens is 386 g/mol. The maximum atomic E-state index is 12.8. The molecule has 7 nitrogen and oxygen atoms in total. The Morgan fingerprint density at radius 2 is 1.20 bits per heavy atom. The fraction of sp³-hybridized carbons (Fsp3) is 0.130. The number of hydrogen-bond donors (Lipinski definition) is 2. The molecule has 3 aromatic carbocycles. The van der Waals surface area contributed by atoms with Gasteiger partial charge in [-0.15, -0.1) is 0 Å². The van der Waals surface area contributed by atoms with Gasteiger partial charge in [0.25, 0.3) is 5.69 Å². The number of phenolic OH excluding ortho intramolecular Hbond substituents is 2. The predicted octanol–water partition coefficient (Wildman–Crippen LogP) is 4.64. The number of Topliss-reactive ketones (excluding diaryl/α,β-unsaturated/α-hetero) is 2. The number of ketones is 2. The highest BCUT2D eigenvalue weighted by Crippen LogP contribution is 2.31. The van der Waals surface area contributed by atoms with Gasteiger partial charge in [-0.2, -0.15) is 0 Å². The molecule has 0 fully saturated rings. The van der Waals surface area contributed by atoms with Crippen LogP contribution in [0.15, 0.2) is 72.8 Å². The molecule has 0 unspecified atom stereocenters. The molecule has 0 atom stereocenters. The molecule has 152 valence electrons. The molecule has 0 aliphatic heterocycles. The van der Waals surface area contributed by atoms with Crippen LogP contribution in [0.2, 0.25) is 0 Å². The van der Waals surface area contributed by atoms with Gasteiger partial charge in [-0.25, -0.2) is 0 Å². The Labute approximate surface area is 172 Å². The van der Waals surface area contributed by atoms with Gasteiger partial charge in [0.1, 0.15) is 11.5 Å². The molecule has 0 saturated carbocycles. The van der Waals surface area contributed by atoms with E-state index in [2.05, 4.69) is 0 Å². The minimum absolute atomic E-state index is 0.0886. The van der Waals surface area contributed by atoms with E-state index in [1.54, 1.807) is 24.3 Å². The largest absolute Gasteiger partial charge is 0.507 e. The summed E-state index contributed by atoms with van der Waals surface area (Å²) >= 11 is 0. The number of aromatic hydroxyl groups is 2. The lowest BCUT2D eigenvalue weighted by Gasteiger charge is -2.17. The number of phenols is 2. The van der Waals surface area contributed by atoms with Gasteiger partial charge in [-0.3, -0.25) is 19.7 Å². The zero-order valence-corrected chi connectivity index (χ0v) is 15.9. The first-order chi connectivity index (χ1) is 14.4. The molecule has 0 aliphatic rings. The molecule has 0 heterocycles. The number of para-hydroxylation sites is 2. The van der Waals surface area contributed by atoms with Crippen molar-refractivity contribution in [1.29, 1.82) is 0 Å². The SMILES string of the molecule is O=C(CC(CC(=O)c1ccccc1O)c1ccc([N+](=O)[O-])cc1)c1ccccc1O. The molecule has 0 bridgehead atoms. The van der Waals surface area contributed by atoms with Gasteiger partial charge >= 0.3 is 0 Å². The third kappa shape index (κ3) is 4.70. The highest BCUT2D eigenvalue weighted by Gasteiger charge is 2.24. The van der Waals surface area contributed by atoms with E-state index >= 15 is 0 Å². The van der Waals surface area contributed by atoms with Crippen molar-refractivity contribution >= 4 is 17.3 Å².